The molecule has 0 aliphatic rings. The predicted molar refractivity (Wildman–Crippen MR) is 140 cm³/mol. The van der Waals surface area contributed by atoms with Gasteiger partial charge in [0.25, 0.3) is 0 Å². The zero-order valence-corrected chi connectivity index (χ0v) is 20.3. The van der Waals surface area contributed by atoms with Gasteiger partial charge in [0, 0.05) is 18.1 Å². The highest BCUT2D eigenvalue weighted by Crippen LogP contribution is 2.34. The lowest BCUT2D eigenvalue weighted by atomic mass is 9.98. The van der Waals surface area contributed by atoms with Crippen molar-refractivity contribution >= 4 is 11.0 Å². The van der Waals surface area contributed by atoms with Crippen LogP contribution in [0.1, 0.15) is 35.4 Å². The zero-order valence-electron chi connectivity index (χ0n) is 20.3. The van der Waals surface area contributed by atoms with Gasteiger partial charge in [-0.25, -0.2) is 9.97 Å². The van der Waals surface area contributed by atoms with Crippen molar-refractivity contribution in [2.45, 2.75) is 32.8 Å². The largest absolute Gasteiger partial charge is 0.494 e. The summed E-state index contributed by atoms with van der Waals surface area (Å²) in [7, 11) is 1.68. The van der Waals surface area contributed by atoms with E-state index in [9.17, 15) is 0 Å². The number of nitrogens with one attached hydrogen (secondary N) is 1. The SMILES string of the molecule is COc1ccc(-c2cc(C)cc(OCc3ccccc3)n2)c2nc(CC(C)c3ccccc3)[nH]c12. The Morgan fingerprint density at radius 1 is 0.886 bits per heavy atom. The van der Waals surface area contributed by atoms with Crippen molar-refractivity contribution in [2.75, 3.05) is 7.11 Å². The van der Waals surface area contributed by atoms with Gasteiger partial charge in [0.15, 0.2) is 0 Å². The molecular weight excluding hydrogens is 434 g/mol. The average Bonchev–Trinajstić information content (AvgIpc) is 3.31. The van der Waals surface area contributed by atoms with Crippen LogP contribution in [0, 0.1) is 6.92 Å². The van der Waals surface area contributed by atoms with Gasteiger partial charge in [0.2, 0.25) is 5.88 Å². The van der Waals surface area contributed by atoms with Crippen LogP contribution in [0.2, 0.25) is 0 Å². The monoisotopic (exact) mass is 463 g/mol. The number of fused-ring (bicyclic) bond motifs is 1. The number of aryl methyl sites for hydroxylation is 1. The molecule has 176 valence electrons. The van der Waals surface area contributed by atoms with E-state index in [4.69, 9.17) is 19.4 Å². The first kappa shape index (κ1) is 22.7. The summed E-state index contributed by atoms with van der Waals surface area (Å²) in [6.07, 6.45) is 0.800. The standard InChI is InChI=1S/C30H29N3O2/c1-20-16-25(31-28(17-20)35-19-22-10-6-4-7-11-22)24-14-15-26(34-3)30-29(24)32-27(33-30)18-21(2)23-12-8-5-9-13-23/h4-17,21H,18-19H2,1-3H3,(H,32,33). The van der Waals surface area contributed by atoms with Crippen LogP contribution in [-0.4, -0.2) is 22.1 Å². The molecule has 0 radical (unpaired) electrons. The van der Waals surface area contributed by atoms with Gasteiger partial charge in [-0.2, -0.15) is 0 Å². The van der Waals surface area contributed by atoms with Crippen molar-refractivity contribution in [3.8, 4) is 22.9 Å². The Labute approximate surface area is 205 Å². The number of aromatic amines is 1. The van der Waals surface area contributed by atoms with E-state index in [0.29, 0.717) is 18.4 Å². The molecule has 0 saturated carbocycles. The van der Waals surface area contributed by atoms with Crippen LogP contribution < -0.4 is 9.47 Å². The second-order valence-corrected chi connectivity index (χ2v) is 8.88. The fourth-order valence-electron chi connectivity index (χ4n) is 4.36. The van der Waals surface area contributed by atoms with Gasteiger partial charge in [0.1, 0.15) is 29.2 Å². The molecule has 0 saturated heterocycles. The molecule has 0 spiro atoms. The number of aromatic nitrogens is 3. The summed E-state index contributed by atoms with van der Waals surface area (Å²) in [6, 6.07) is 28.6. The van der Waals surface area contributed by atoms with E-state index >= 15 is 0 Å². The van der Waals surface area contributed by atoms with Crippen LogP contribution in [0.4, 0.5) is 0 Å². The van der Waals surface area contributed by atoms with Crippen molar-refractivity contribution in [3.05, 3.63) is 107 Å². The smallest absolute Gasteiger partial charge is 0.214 e. The van der Waals surface area contributed by atoms with Crippen molar-refractivity contribution in [2.24, 2.45) is 0 Å². The number of pyridine rings is 1. The summed E-state index contributed by atoms with van der Waals surface area (Å²) in [5.41, 5.74) is 6.99. The second kappa shape index (κ2) is 10.0. The quantitative estimate of drug-likeness (QED) is 0.273. The maximum absolute atomic E-state index is 6.03. The van der Waals surface area contributed by atoms with Crippen LogP contribution >= 0.6 is 0 Å². The molecule has 5 rings (SSSR count). The summed E-state index contributed by atoms with van der Waals surface area (Å²) < 4.78 is 11.7. The highest BCUT2D eigenvalue weighted by atomic mass is 16.5. The van der Waals surface area contributed by atoms with Crippen molar-refractivity contribution in [1.82, 2.24) is 15.0 Å². The topological polar surface area (TPSA) is 60.0 Å². The molecule has 0 fully saturated rings. The maximum atomic E-state index is 6.03. The van der Waals surface area contributed by atoms with Gasteiger partial charge in [-0.1, -0.05) is 67.6 Å². The van der Waals surface area contributed by atoms with E-state index in [1.807, 2.05) is 54.6 Å². The fourth-order valence-corrected chi connectivity index (χ4v) is 4.36. The number of rotatable bonds is 8. The third-order valence-electron chi connectivity index (χ3n) is 6.20. The number of nitrogens with zero attached hydrogens (tertiary/aromatic N) is 2. The Bertz CT molecular complexity index is 1430. The van der Waals surface area contributed by atoms with E-state index in [2.05, 4.69) is 49.2 Å². The molecule has 35 heavy (non-hydrogen) atoms. The highest BCUT2D eigenvalue weighted by Gasteiger charge is 2.17. The number of hydrogen-bond acceptors (Lipinski definition) is 4. The lowest BCUT2D eigenvalue weighted by Crippen LogP contribution is -2.00. The molecule has 0 aliphatic heterocycles. The van der Waals surface area contributed by atoms with Crippen LogP contribution in [0.15, 0.2) is 84.9 Å². The minimum absolute atomic E-state index is 0.335. The first-order chi connectivity index (χ1) is 17.1. The molecule has 0 bridgehead atoms. The number of benzene rings is 3. The van der Waals surface area contributed by atoms with E-state index in [1.165, 1.54) is 5.56 Å². The lowest BCUT2D eigenvalue weighted by Gasteiger charge is -2.10. The maximum Gasteiger partial charge on any atom is 0.214 e. The Kier molecular flexibility index (Phi) is 6.49. The molecule has 5 heteroatoms. The van der Waals surface area contributed by atoms with Gasteiger partial charge in [-0.3, -0.25) is 0 Å². The number of imidazole rings is 1. The van der Waals surface area contributed by atoms with Crippen LogP contribution in [0.3, 0.4) is 0 Å². The average molecular weight is 464 g/mol. The molecule has 2 aromatic heterocycles. The summed E-state index contributed by atoms with van der Waals surface area (Å²) in [5, 5.41) is 0. The van der Waals surface area contributed by atoms with Crippen molar-refractivity contribution < 1.29 is 9.47 Å². The minimum atomic E-state index is 0.335. The summed E-state index contributed by atoms with van der Waals surface area (Å²) in [5.74, 6) is 2.63. The Hall–Kier alpha value is -4.12. The van der Waals surface area contributed by atoms with E-state index < -0.39 is 0 Å². The number of hydrogen-bond donors (Lipinski definition) is 1. The van der Waals surface area contributed by atoms with Gasteiger partial charge in [-0.15, -0.1) is 0 Å². The molecule has 1 N–H and O–H groups in total. The third kappa shape index (κ3) is 5.04. The molecule has 1 atom stereocenters. The van der Waals surface area contributed by atoms with Gasteiger partial charge in [-0.05, 0) is 47.7 Å². The number of ether oxygens (including phenoxy) is 2. The molecular formula is C30H29N3O2. The predicted octanol–water partition coefficient (Wildman–Crippen LogP) is 6.87. The number of H-pyrrole nitrogens is 1. The van der Waals surface area contributed by atoms with Gasteiger partial charge in [0.05, 0.1) is 12.8 Å². The summed E-state index contributed by atoms with van der Waals surface area (Å²) >= 11 is 0. The number of methoxy groups -OCH3 is 1. The molecule has 5 aromatic rings. The lowest BCUT2D eigenvalue weighted by molar-refractivity contribution is 0.294. The Balaban J connectivity index is 1.48. The van der Waals surface area contributed by atoms with E-state index in [1.54, 1.807) is 7.11 Å². The molecule has 3 aromatic carbocycles. The van der Waals surface area contributed by atoms with E-state index in [0.717, 1.165) is 51.4 Å². The summed E-state index contributed by atoms with van der Waals surface area (Å²) in [6.45, 7) is 4.75. The Morgan fingerprint density at radius 3 is 2.37 bits per heavy atom. The van der Waals surface area contributed by atoms with Gasteiger partial charge < -0.3 is 14.5 Å². The first-order valence-electron chi connectivity index (χ1n) is 11.9. The van der Waals surface area contributed by atoms with Crippen molar-refractivity contribution in [3.63, 3.8) is 0 Å². The van der Waals surface area contributed by atoms with Crippen LogP contribution in [0.5, 0.6) is 11.6 Å². The molecule has 2 heterocycles. The minimum Gasteiger partial charge on any atom is -0.494 e. The van der Waals surface area contributed by atoms with Crippen LogP contribution in [-0.2, 0) is 13.0 Å². The second-order valence-electron chi connectivity index (χ2n) is 8.88. The van der Waals surface area contributed by atoms with Gasteiger partial charge >= 0.3 is 0 Å². The van der Waals surface area contributed by atoms with Crippen molar-refractivity contribution in [1.29, 1.82) is 0 Å². The van der Waals surface area contributed by atoms with E-state index in [-0.39, 0.29) is 0 Å². The fraction of sp³-hybridized carbons (Fsp3) is 0.200. The molecule has 5 nitrogen and oxygen atoms in total. The molecule has 0 aliphatic carbocycles. The zero-order chi connectivity index (χ0) is 24.2. The molecule has 0 amide bonds. The summed E-state index contributed by atoms with van der Waals surface area (Å²) in [4.78, 5) is 13.3. The first-order valence-corrected chi connectivity index (χ1v) is 11.9. The van der Waals surface area contributed by atoms with Crippen LogP contribution in [0.25, 0.3) is 22.3 Å². The highest BCUT2D eigenvalue weighted by molar-refractivity contribution is 5.94. The third-order valence-corrected chi connectivity index (χ3v) is 6.20. The Morgan fingerprint density at radius 2 is 1.63 bits per heavy atom. The normalized spacial score (nSPS) is 12.0. The molecule has 1 unspecified atom stereocenters.